The third kappa shape index (κ3) is 1.96. The first-order chi connectivity index (χ1) is 9.06. The highest BCUT2D eigenvalue weighted by molar-refractivity contribution is 6.32. The highest BCUT2D eigenvalue weighted by Crippen LogP contribution is 2.29. The lowest BCUT2D eigenvalue weighted by molar-refractivity contribution is 1.11. The Hall–Kier alpha value is -2.00. The van der Waals surface area contributed by atoms with Gasteiger partial charge in [0.15, 0.2) is 0 Å². The molecule has 19 heavy (non-hydrogen) atoms. The lowest BCUT2D eigenvalue weighted by Crippen LogP contribution is -2.01. The number of anilines is 1. The zero-order chi connectivity index (χ0) is 13.6. The molecule has 0 saturated heterocycles. The lowest BCUT2D eigenvalue weighted by atomic mass is 10.2. The lowest BCUT2D eigenvalue weighted by Gasteiger charge is -2.09. The summed E-state index contributed by atoms with van der Waals surface area (Å²) in [5.74, 6) is 0.450. The Morgan fingerprint density at radius 2 is 1.74 bits per heavy atom. The largest absolute Gasteiger partial charge is 0.369 e. The van der Waals surface area contributed by atoms with E-state index in [-0.39, 0.29) is 0 Å². The van der Waals surface area contributed by atoms with Crippen LogP contribution in [-0.4, -0.2) is 9.55 Å². The normalized spacial score (nSPS) is 11.1. The van der Waals surface area contributed by atoms with Gasteiger partial charge in [-0.15, -0.1) is 0 Å². The molecule has 2 aromatic carbocycles. The van der Waals surface area contributed by atoms with E-state index in [0.29, 0.717) is 11.0 Å². The summed E-state index contributed by atoms with van der Waals surface area (Å²) in [4.78, 5) is 4.40. The molecule has 0 aliphatic rings. The molecule has 4 heteroatoms. The van der Waals surface area contributed by atoms with Crippen LogP contribution in [0, 0.1) is 13.8 Å². The van der Waals surface area contributed by atoms with Crippen LogP contribution in [0.5, 0.6) is 0 Å². The van der Waals surface area contributed by atoms with Crippen molar-refractivity contribution < 1.29 is 0 Å². The van der Waals surface area contributed by atoms with Gasteiger partial charge in [-0.3, -0.25) is 4.57 Å². The third-order valence-corrected chi connectivity index (χ3v) is 3.48. The van der Waals surface area contributed by atoms with Crippen molar-refractivity contribution in [3.63, 3.8) is 0 Å². The number of nitrogens with two attached hydrogens (primary N) is 1. The third-order valence-electron chi connectivity index (χ3n) is 3.18. The quantitative estimate of drug-likeness (QED) is 0.730. The van der Waals surface area contributed by atoms with Gasteiger partial charge in [0, 0.05) is 0 Å². The molecule has 2 N–H and O–H groups in total. The first kappa shape index (κ1) is 12.1. The summed E-state index contributed by atoms with van der Waals surface area (Å²) in [6.07, 6.45) is 0. The fourth-order valence-electron chi connectivity index (χ4n) is 2.26. The van der Waals surface area contributed by atoms with Crippen molar-refractivity contribution >= 4 is 28.6 Å². The van der Waals surface area contributed by atoms with E-state index in [1.165, 1.54) is 0 Å². The van der Waals surface area contributed by atoms with E-state index < -0.39 is 0 Å². The number of imidazole rings is 1. The van der Waals surface area contributed by atoms with Crippen LogP contribution in [0.15, 0.2) is 36.4 Å². The number of hydrogen-bond donors (Lipinski definition) is 1. The van der Waals surface area contributed by atoms with Crippen LogP contribution in [0.2, 0.25) is 5.02 Å². The molecule has 0 amide bonds. The monoisotopic (exact) mass is 271 g/mol. The van der Waals surface area contributed by atoms with Crippen molar-refractivity contribution in [2.75, 3.05) is 5.73 Å². The van der Waals surface area contributed by atoms with E-state index >= 15 is 0 Å². The predicted octanol–water partition coefficient (Wildman–Crippen LogP) is 3.88. The Bertz CT molecular complexity index is 774. The Morgan fingerprint density at radius 3 is 2.47 bits per heavy atom. The molecule has 3 rings (SSSR count). The molecule has 96 valence electrons. The van der Waals surface area contributed by atoms with Crippen molar-refractivity contribution in [1.29, 1.82) is 0 Å². The molecular weight excluding hydrogens is 258 g/mol. The second-order valence-corrected chi connectivity index (χ2v) is 5.16. The maximum absolute atomic E-state index is 6.32. The molecule has 1 heterocycles. The molecule has 0 aliphatic heterocycles. The predicted molar refractivity (Wildman–Crippen MR) is 80.0 cm³/mol. The van der Waals surface area contributed by atoms with E-state index in [4.69, 9.17) is 17.3 Å². The van der Waals surface area contributed by atoms with Crippen LogP contribution < -0.4 is 5.73 Å². The van der Waals surface area contributed by atoms with Crippen molar-refractivity contribution in [2.24, 2.45) is 0 Å². The number of aryl methyl sites for hydroxylation is 2. The fraction of sp³-hybridized carbons (Fsp3) is 0.133. The van der Waals surface area contributed by atoms with Gasteiger partial charge >= 0.3 is 0 Å². The smallest absolute Gasteiger partial charge is 0.205 e. The maximum Gasteiger partial charge on any atom is 0.205 e. The standard InChI is InChI=1S/C15H14ClN3/c1-9-3-5-13(11(16)7-9)19-14-6-4-10(2)8-12(14)18-15(19)17/h3-8H,1-2H3,(H2,17,18). The van der Waals surface area contributed by atoms with Gasteiger partial charge in [-0.2, -0.15) is 0 Å². The summed E-state index contributed by atoms with van der Waals surface area (Å²) in [6.45, 7) is 4.04. The van der Waals surface area contributed by atoms with Crippen LogP contribution in [0.25, 0.3) is 16.7 Å². The number of benzene rings is 2. The van der Waals surface area contributed by atoms with Crippen molar-refractivity contribution in [2.45, 2.75) is 13.8 Å². The second kappa shape index (κ2) is 4.28. The van der Waals surface area contributed by atoms with E-state index in [2.05, 4.69) is 4.98 Å². The Labute approximate surface area is 116 Å². The zero-order valence-electron chi connectivity index (χ0n) is 10.8. The minimum absolute atomic E-state index is 0.450. The average molecular weight is 272 g/mol. The van der Waals surface area contributed by atoms with Gasteiger partial charge in [-0.05, 0) is 49.2 Å². The molecule has 0 unspecified atom stereocenters. The van der Waals surface area contributed by atoms with Gasteiger partial charge in [0.05, 0.1) is 21.7 Å². The van der Waals surface area contributed by atoms with Crippen molar-refractivity contribution in [3.05, 3.63) is 52.5 Å². The highest BCUT2D eigenvalue weighted by atomic mass is 35.5. The van der Waals surface area contributed by atoms with E-state index in [9.17, 15) is 0 Å². The number of nitrogen functional groups attached to an aromatic ring is 1. The maximum atomic E-state index is 6.32. The average Bonchev–Trinajstić information content (AvgIpc) is 2.65. The molecule has 0 bridgehead atoms. The van der Waals surface area contributed by atoms with Crippen molar-refractivity contribution in [1.82, 2.24) is 9.55 Å². The SMILES string of the molecule is Cc1ccc(-n2c(N)nc3cc(C)ccc32)c(Cl)c1. The zero-order valence-corrected chi connectivity index (χ0v) is 11.6. The summed E-state index contributed by atoms with van der Waals surface area (Å²) >= 11 is 6.32. The van der Waals surface area contributed by atoms with Gasteiger partial charge in [0.2, 0.25) is 5.95 Å². The second-order valence-electron chi connectivity index (χ2n) is 4.75. The number of aromatic nitrogens is 2. The molecule has 0 fully saturated rings. The molecule has 1 aromatic heterocycles. The van der Waals surface area contributed by atoms with E-state index in [1.54, 1.807) is 0 Å². The summed E-state index contributed by atoms with van der Waals surface area (Å²) < 4.78 is 1.89. The number of halogens is 1. The fourth-order valence-corrected chi connectivity index (χ4v) is 2.57. The molecule has 0 aliphatic carbocycles. The van der Waals surface area contributed by atoms with Gasteiger partial charge in [-0.1, -0.05) is 23.7 Å². The van der Waals surface area contributed by atoms with Crippen LogP contribution in [0.1, 0.15) is 11.1 Å². The topological polar surface area (TPSA) is 43.8 Å². The Balaban J connectivity index is 2.33. The van der Waals surface area contributed by atoms with Crippen LogP contribution in [0.4, 0.5) is 5.95 Å². The molecule has 3 nitrogen and oxygen atoms in total. The first-order valence-corrected chi connectivity index (χ1v) is 6.45. The van der Waals surface area contributed by atoms with Crippen molar-refractivity contribution in [3.8, 4) is 5.69 Å². The Morgan fingerprint density at radius 1 is 1.05 bits per heavy atom. The molecule has 0 spiro atoms. The van der Waals surface area contributed by atoms with E-state index in [0.717, 1.165) is 27.8 Å². The van der Waals surface area contributed by atoms with Crippen LogP contribution >= 0.6 is 11.6 Å². The number of hydrogen-bond acceptors (Lipinski definition) is 2. The summed E-state index contributed by atoms with van der Waals surface area (Å²) in [7, 11) is 0. The number of rotatable bonds is 1. The summed E-state index contributed by atoms with van der Waals surface area (Å²) in [5.41, 5.74) is 11.0. The molecular formula is C15H14ClN3. The highest BCUT2D eigenvalue weighted by Gasteiger charge is 2.12. The first-order valence-electron chi connectivity index (χ1n) is 6.07. The van der Waals surface area contributed by atoms with E-state index in [1.807, 2.05) is 54.8 Å². The van der Waals surface area contributed by atoms with Gasteiger partial charge in [0.1, 0.15) is 0 Å². The molecule has 0 atom stereocenters. The van der Waals surface area contributed by atoms with Gasteiger partial charge < -0.3 is 5.73 Å². The minimum Gasteiger partial charge on any atom is -0.369 e. The molecule has 0 radical (unpaired) electrons. The number of fused-ring (bicyclic) bond motifs is 1. The van der Waals surface area contributed by atoms with Crippen LogP contribution in [-0.2, 0) is 0 Å². The summed E-state index contributed by atoms with van der Waals surface area (Å²) in [5, 5.41) is 0.673. The van der Waals surface area contributed by atoms with Crippen LogP contribution in [0.3, 0.4) is 0 Å². The van der Waals surface area contributed by atoms with Gasteiger partial charge in [-0.25, -0.2) is 4.98 Å². The molecule has 0 saturated carbocycles. The minimum atomic E-state index is 0.450. The van der Waals surface area contributed by atoms with Gasteiger partial charge in [0.25, 0.3) is 0 Å². The number of nitrogens with zero attached hydrogens (tertiary/aromatic N) is 2. The Kier molecular flexibility index (Phi) is 2.72. The summed E-state index contributed by atoms with van der Waals surface area (Å²) in [6, 6.07) is 12.0. The molecule has 3 aromatic rings.